The largest absolute Gasteiger partial charge is 0.319 e. The van der Waals surface area contributed by atoms with Crippen molar-refractivity contribution < 1.29 is 0 Å². The summed E-state index contributed by atoms with van der Waals surface area (Å²) in [4.78, 5) is 0. The van der Waals surface area contributed by atoms with Gasteiger partial charge in [0.2, 0.25) is 0 Å². The maximum absolute atomic E-state index is 4.40. The van der Waals surface area contributed by atoms with Crippen LogP contribution in [0.3, 0.4) is 0 Å². The normalized spacial score (nSPS) is 14.8. The second-order valence-corrected chi connectivity index (χ2v) is 5.33. The minimum Gasteiger partial charge on any atom is -0.319 e. The summed E-state index contributed by atoms with van der Waals surface area (Å²) in [5.74, 6) is 0. The number of hydrogen-bond donors (Lipinski definition) is 1. The van der Waals surface area contributed by atoms with Crippen molar-refractivity contribution in [3.63, 3.8) is 0 Å². The average Bonchev–Trinajstić information content (AvgIpc) is 2.46. The molecule has 1 aromatic rings. The van der Waals surface area contributed by atoms with Crippen LogP contribution >= 0.6 is 15.9 Å². The Bertz CT molecular complexity index is 384. The minimum atomic E-state index is 0.0531. The molecule has 1 heterocycles. The summed E-state index contributed by atoms with van der Waals surface area (Å²) in [6, 6.07) is 0. The molecule has 3 nitrogen and oxygen atoms in total. The number of rotatable bonds is 5. The van der Waals surface area contributed by atoms with Crippen LogP contribution in [-0.4, -0.2) is 23.4 Å². The van der Waals surface area contributed by atoms with Crippen molar-refractivity contribution in [2.24, 2.45) is 12.5 Å². The van der Waals surface area contributed by atoms with Gasteiger partial charge in [-0.25, -0.2) is 0 Å². The molecule has 0 radical (unpaired) electrons. The van der Waals surface area contributed by atoms with Crippen LogP contribution in [0.2, 0.25) is 0 Å². The van der Waals surface area contributed by atoms with E-state index in [1.54, 1.807) is 0 Å². The standard InChI is InChI=1S/C12H20BrN3/c1-6-12(3,8-14-4)7-10-11(13)9(2)15-16(10)5/h6,14H,1,7-8H2,2-5H3. The highest BCUT2D eigenvalue weighted by Gasteiger charge is 2.24. The molecule has 1 unspecified atom stereocenters. The molecule has 0 aliphatic heterocycles. The molecule has 0 amide bonds. The minimum absolute atomic E-state index is 0.0531. The number of nitrogens with one attached hydrogen (secondary N) is 1. The lowest BCUT2D eigenvalue weighted by atomic mass is 9.85. The van der Waals surface area contributed by atoms with Gasteiger partial charge in [-0.1, -0.05) is 13.0 Å². The van der Waals surface area contributed by atoms with Crippen molar-refractivity contribution in [3.8, 4) is 0 Å². The average molecular weight is 286 g/mol. The van der Waals surface area contributed by atoms with Gasteiger partial charge in [0.25, 0.3) is 0 Å². The Morgan fingerprint density at radius 2 is 2.25 bits per heavy atom. The predicted octanol–water partition coefficient (Wildman–Crippen LogP) is 2.45. The summed E-state index contributed by atoms with van der Waals surface area (Å²) < 4.78 is 3.05. The van der Waals surface area contributed by atoms with E-state index in [2.05, 4.69) is 39.8 Å². The van der Waals surface area contributed by atoms with Crippen molar-refractivity contribution in [1.29, 1.82) is 0 Å². The van der Waals surface area contributed by atoms with Crippen molar-refractivity contribution in [1.82, 2.24) is 15.1 Å². The summed E-state index contributed by atoms with van der Waals surface area (Å²) in [6.45, 7) is 9.05. The SMILES string of the molecule is C=CC(C)(CNC)Cc1c(Br)c(C)nn1C. The zero-order valence-electron chi connectivity index (χ0n) is 10.5. The quantitative estimate of drug-likeness (QED) is 0.843. The fraction of sp³-hybridized carbons (Fsp3) is 0.583. The monoisotopic (exact) mass is 285 g/mol. The molecule has 0 saturated heterocycles. The molecule has 0 saturated carbocycles. The van der Waals surface area contributed by atoms with E-state index < -0.39 is 0 Å². The number of nitrogens with zero attached hydrogens (tertiary/aromatic N) is 2. The van der Waals surface area contributed by atoms with Crippen molar-refractivity contribution >= 4 is 15.9 Å². The van der Waals surface area contributed by atoms with Crippen molar-refractivity contribution in [2.75, 3.05) is 13.6 Å². The lowest BCUT2D eigenvalue weighted by Crippen LogP contribution is -2.30. The first kappa shape index (κ1) is 13.5. The van der Waals surface area contributed by atoms with Crippen LogP contribution in [0.15, 0.2) is 17.1 Å². The van der Waals surface area contributed by atoms with Crippen LogP contribution in [0.5, 0.6) is 0 Å². The third-order valence-corrected chi connectivity index (χ3v) is 3.94. The molecule has 0 fully saturated rings. The number of halogens is 1. The first-order valence-corrected chi connectivity index (χ1v) is 6.19. The van der Waals surface area contributed by atoms with Gasteiger partial charge in [-0.3, -0.25) is 4.68 Å². The van der Waals surface area contributed by atoms with E-state index in [0.29, 0.717) is 0 Å². The van der Waals surface area contributed by atoms with Crippen LogP contribution in [0, 0.1) is 12.3 Å². The highest BCUT2D eigenvalue weighted by atomic mass is 79.9. The lowest BCUT2D eigenvalue weighted by molar-refractivity contribution is 0.394. The van der Waals surface area contributed by atoms with Crippen molar-refractivity contribution in [3.05, 3.63) is 28.5 Å². The van der Waals surface area contributed by atoms with Crippen LogP contribution in [0.1, 0.15) is 18.3 Å². The van der Waals surface area contributed by atoms with E-state index in [-0.39, 0.29) is 5.41 Å². The van der Waals surface area contributed by atoms with Gasteiger partial charge in [0, 0.05) is 25.4 Å². The van der Waals surface area contributed by atoms with Gasteiger partial charge < -0.3 is 5.32 Å². The van der Waals surface area contributed by atoms with Gasteiger partial charge in [0.1, 0.15) is 0 Å². The second kappa shape index (κ2) is 5.15. The molecule has 16 heavy (non-hydrogen) atoms. The smallest absolute Gasteiger partial charge is 0.0738 e. The molecular weight excluding hydrogens is 266 g/mol. The molecule has 4 heteroatoms. The zero-order chi connectivity index (χ0) is 12.3. The Labute approximate surface area is 106 Å². The molecule has 0 bridgehead atoms. The Morgan fingerprint density at radius 3 is 2.62 bits per heavy atom. The summed E-state index contributed by atoms with van der Waals surface area (Å²) >= 11 is 3.60. The Hall–Kier alpha value is -0.610. The predicted molar refractivity (Wildman–Crippen MR) is 71.6 cm³/mol. The Morgan fingerprint density at radius 1 is 1.62 bits per heavy atom. The Kier molecular flexibility index (Phi) is 4.33. The molecule has 1 aromatic heterocycles. The molecule has 1 N–H and O–H groups in total. The summed E-state index contributed by atoms with van der Waals surface area (Å²) in [5.41, 5.74) is 2.31. The van der Waals surface area contributed by atoms with Crippen LogP contribution in [-0.2, 0) is 13.5 Å². The van der Waals surface area contributed by atoms with Gasteiger partial charge >= 0.3 is 0 Å². The third kappa shape index (κ3) is 2.74. The van der Waals surface area contributed by atoms with E-state index in [0.717, 1.165) is 23.1 Å². The molecular formula is C12H20BrN3. The number of hydrogen-bond acceptors (Lipinski definition) is 2. The maximum Gasteiger partial charge on any atom is 0.0738 e. The van der Waals surface area contributed by atoms with Crippen LogP contribution < -0.4 is 5.32 Å². The third-order valence-electron chi connectivity index (χ3n) is 2.91. The van der Waals surface area contributed by atoms with Gasteiger partial charge in [-0.05, 0) is 29.9 Å². The Balaban J connectivity index is 2.98. The van der Waals surface area contributed by atoms with E-state index in [9.17, 15) is 0 Å². The topological polar surface area (TPSA) is 29.9 Å². The van der Waals surface area contributed by atoms with Gasteiger partial charge in [-0.15, -0.1) is 6.58 Å². The van der Waals surface area contributed by atoms with Gasteiger partial charge in [-0.2, -0.15) is 5.10 Å². The highest BCUT2D eigenvalue weighted by Crippen LogP contribution is 2.29. The molecule has 1 rings (SSSR count). The maximum atomic E-state index is 4.40. The summed E-state index contributed by atoms with van der Waals surface area (Å²) in [7, 11) is 3.95. The number of aryl methyl sites for hydroxylation is 2. The fourth-order valence-electron chi connectivity index (χ4n) is 1.87. The van der Waals surface area contributed by atoms with Crippen LogP contribution in [0.25, 0.3) is 0 Å². The summed E-state index contributed by atoms with van der Waals surface area (Å²) in [6.07, 6.45) is 2.94. The summed E-state index contributed by atoms with van der Waals surface area (Å²) in [5, 5.41) is 7.61. The van der Waals surface area contributed by atoms with Gasteiger partial charge in [0.15, 0.2) is 0 Å². The molecule has 0 aliphatic carbocycles. The van der Waals surface area contributed by atoms with Gasteiger partial charge in [0.05, 0.1) is 15.9 Å². The molecule has 1 atom stereocenters. The molecule has 0 aliphatic rings. The van der Waals surface area contributed by atoms with E-state index >= 15 is 0 Å². The van der Waals surface area contributed by atoms with Crippen LogP contribution in [0.4, 0.5) is 0 Å². The van der Waals surface area contributed by atoms with E-state index in [1.807, 2.05) is 31.8 Å². The van der Waals surface area contributed by atoms with E-state index in [1.165, 1.54) is 5.69 Å². The molecule has 90 valence electrons. The van der Waals surface area contributed by atoms with E-state index in [4.69, 9.17) is 0 Å². The molecule has 0 aromatic carbocycles. The van der Waals surface area contributed by atoms with Crippen molar-refractivity contribution in [2.45, 2.75) is 20.3 Å². The number of aromatic nitrogens is 2. The lowest BCUT2D eigenvalue weighted by Gasteiger charge is -2.25. The molecule has 0 spiro atoms. The second-order valence-electron chi connectivity index (χ2n) is 4.53. The first-order chi connectivity index (χ1) is 7.43. The zero-order valence-corrected chi connectivity index (χ0v) is 12.1. The highest BCUT2D eigenvalue weighted by molar-refractivity contribution is 9.10. The fourth-order valence-corrected chi connectivity index (χ4v) is 2.34. The first-order valence-electron chi connectivity index (χ1n) is 5.39.